The van der Waals surface area contributed by atoms with Gasteiger partial charge in [-0.15, -0.1) is 0 Å². The van der Waals surface area contributed by atoms with Gasteiger partial charge in [-0.2, -0.15) is 8.80 Å². The molecule has 9 heteroatoms. The van der Waals surface area contributed by atoms with E-state index in [1.807, 2.05) is 0 Å². The van der Waals surface area contributed by atoms with Gasteiger partial charge in [-0.1, -0.05) is 11.6 Å². The number of hydrogen-bond donors (Lipinski definition) is 0. The first-order valence-corrected chi connectivity index (χ1v) is 8.99. The predicted molar refractivity (Wildman–Crippen MR) is 76.9 cm³/mol. The molecule has 0 spiro atoms. The Morgan fingerprint density at radius 3 is 2.00 bits per heavy atom. The lowest BCUT2D eigenvalue weighted by Gasteiger charge is -2.06. The molecule has 0 amide bonds. The molecule has 0 aromatic carbocycles. The topological polar surface area (TPSA) is 93.0 Å². The maximum Gasteiger partial charge on any atom is 0.253 e. The van der Waals surface area contributed by atoms with E-state index in [2.05, 4.69) is 8.80 Å². The second-order valence-electron chi connectivity index (χ2n) is 3.56. The highest BCUT2D eigenvalue weighted by Crippen LogP contribution is 2.14. The fourth-order valence-corrected chi connectivity index (χ4v) is 2.49. The average molecular weight is 325 g/mol. The quantitative estimate of drug-likeness (QED) is 0.728. The van der Waals surface area contributed by atoms with Gasteiger partial charge in [0.25, 0.3) is 20.0 Å². The molecule has 0 saturated heterocycles. The lowest BCUT2D eigenvalue weighted by Crippen LogP contribution is -2.10. The van der Waals surface area contributed by atoms with Gasteiger partial charge in [-0.05, 0) is 32.1 Å². The van der Waals surface area contributed by atoms with Crippen LogP contribution in [0.1, 0.15) is 13.8 Å². The normalized spacial score (nSPS) is 20.9. The zero-order chi connectivity index (χ0) is 14.7. The van der Waals surface area contributed by atoms with Gasteiger partial charge in [0.05, 0.1) is 28.0 Å². The first-order valence-electron chi connectivity index (χ1n) is 5.40. The molecular weight excluding hydrogens is 312 g/mol. The highest BCUT2D eigenvalue weighted by Gasteiger charge is 2.14. The molecule has 0 heterocycles. The fraction of sp³-hybridized carbons (Fsp3) is 0.400. The Morgan fingerprint density at radius 1 is 1.00 bits per heavy atom. The van der Waals surface area contributed by atoms with Crippen molar-refractivity contribution in [3.05, 3.63) is 23.3 Å². The largest absolute Gasteiger partial charge is 0.253 e. The molecule has 1 rings (SSSR count). The first-order chi connectivity index (χ1) is 8.69. The molecule has 1 aliphatic rings. The highest BCUT2D eigenvalue weighted by atomic mass is 35.5. The molecule has 0 aliphatic heterocycles. The van der Waals surface area contributed by atoms with E-state index >= 15 is 0 Å². The molecule has 106 valence electrons. The second-order valence-corrected chi connectivity index (χ2v) is 7.81. The van der Waals surface area contributed by atoms with Crippen molar-refractivity contribution in [3.63, 3.8) is 0 Å². The zero-order valence-electron chi connectivity index (χ0n) is 10.4. The van der Waals surface area contributed by atoms with Crippen LogP contribution in [0.2, 0.25) is 0 Å². The smallest absolute Gasteiger partial charge is 0.205 e. The highest BCUT2D eigenvalue weighted by molar-refractivity contribution is 7.90. The Labute approximate surface area is 117 Å². The number of nitrogens with zero attached hydrogens (tertiary/aromatic N) is 2. The minimum atomic E-state index is -3.56. The van der Waals surface area contributed by atoms with E-state index in [1.54, 1.807) is 0 Å². The summed E-state index contributed by atoms with van der Waals surface area (Å²) in [6, 6.07) is 0. The maximum absolute atomic E-state index is 11.3. The van der Waals surface area contributed by atoms with Crippen molar-refractivity contribution < 1.29 is 16.8 Å². The summed E-state index contributed by atoms with van der Waals surface area (Å²) in [7, 11) is -7.08. The number of rotatable bonds is 4. The van der Waals surface area contributed by atoms with Crippen LogP contribution in [0.15, 0.2) is 32.1 Å². The van der Waals surface area contributed by atoms with Gasteiger partial charge >= 0.3 is 0 Å². The standard InChI is InChI=1S/C10H13ClN2O4S2/c1-3-18(14,15)12-8-5-6-10(9(11)7-8)13-19(16,17)4-2/h5-7H,3-4H2,1-2H3/b12-8-,13-10+. The van der Waals surface area contributed by atoms with E-state index in [9.17, 15) is 16.8 Å². The van der Waals surface area contributed by atoms with Crippen LogP contribution in [0, 0.1) is 0 Å². The molecule has 0 atom stereocenters. The van der Waals surface area contributed by atoms with Gasteiger partial charge in [-0.25, -0.2) is 16.8 Å². The van der Waals surface area contributed by atoms with Crippen LogP contribution >= 0.6 is 11.6 Å². The molecule has 0 N–H and O–H groups in total. The van der Waals surface area contributed by atoms with E-state index in [0.717, 1.165) is 0 Å². The number of sulfonamides is 2. The molecule has 0 aromatic heterocycles. The molecule has 6 nitrogen and oxygen atoms in total. The van der Waals surface area contributed by atoms with E-state index in [1.165, 1.54) is 32.1 Å². The van der Waals surface area contributed by atoms with Crippen LogP contribution in [0.25, 0.3) is 0 Å². The second kappa shape index (κ2) is 5.98. The molecule has 19 heavy (non-hydrogen) atoms. The SMILES string of the molecule is CCS(=O)(=O)/N=C1C=C/C(=N\S(=O)(=O)CC)C(Cl)=C/1. The van der Waals surface area contributed by atoms with E-state index in [4.69, 9.17) is 11.6 Å². The van der Waals surface area contributed by atoms with Gasteiger partial charge in [-0.3, -0.25) is 0 Å². The lowest BCUT2D eigenvalue weighted by molar-refractivity contribution is 0.597. The van der Waals surface area contributed by atoms with Crippen molar-refractivity contribution in [2.24, 2.45) is 8.80 Å². The summed E-state index contributed by atoms with van der Waals surface area (Å²) in [6.07, 6.45) is 3.93. The maximum atomic E-state index is 11.3. The van der Waals surface area contributed by atoms with Crippen LogP contribution in [0.5, 0.6) is 0 Å². The third-order valence-corrected chi connectivity index (χ3v) is 4.87. The van der Waals surface area contributed by atoms with Crippen molar-refractivity contribution in [1.29, 1.82) is 0 Å². The van der Waals surface area contributed by atoms with E-state index in [0.29, 0.717) is 0 Å². The average Bonchev–Trinajstić information content (AvgIpc) is 2.32. The summed E-state index contributed by atoms with van der Waals surface area (Å²) in [5.74, 6) is -0.263. The van der Waals surface area contributed by atoms with Gasteiger partial charge in [0.15, 0.2) is 0 Å². The Bertz CT molecular complexity index is 685. The number of hydrogen-bond acceptors (Lipinski definition) is 4. The summed E-state index contributed by atoms with van der Waals surface area (Å²) >= 11 is 5.85. The molecule has 1 aliphatic carbocycles. The molecule has 0 radical (unpaired) electrons. The Balaban J connectivity index is 3.14. The predicted octanol–water partition coefficient (Wildman–Crippen LogP) is 1.26. The summed E-state index contributed by atoms with van der Waals surface area (Å²) < 4.78 is 52.3. The van der Waals surface area contributed by atoms with Crippen LogP contribution < -0.4 is 0 Å². The molecule has 0 aromatic rings. The fourth-order valence-electron chi connectivity index (χ4n) is 1.07. The molecule has 0 unspecified atom stereocenters. The molecule has 0 saturated carbocycles. The van der Waals surface area contributed by atoms with Gasteiger partial charge in [0, 0.05) is 0 Å². The number of halogens is 1. The van der Waals surface area contributed by atoms with Crippen LogP contribution in [-0.2, 0) is 20.0 Å². The van der Waals surface area contributed by atoms with Crippen LogP contribution in [0.3, 0.4) is 0 Å². The molecule has 0 fully saturated rings. The first kappa shape index (κ1) is 16.1. The van der Waals surface area contributed by atoms with Crippen LogP contribution in [-0.4, -0.2) is 39.8 Å². The van der Waals surface area contributed by atoms with E-state index < -0.39 is 20.0 Å². The minimum Gasteiger partial charge on any atom is -0.205 e. The minimum absolute atomic E-state index is 0.0320. The number of allylic oxidation sites excluding steroid dienone is 4. The van der Waals surface area contributed by atoms with Crippen molar-refractivity contribution in [2.45, 2.75) is 13.8 Å². The summed E-state index contributed by atoms with van der Waals surface area (Å²) in [5.41, 5.74) is 0.205. The van der Waals surface area contributed by atoms with Crippen molar-refractivity contribution in [3.8, 4) is 0 Å². The van der Waals surface area contributed by atoms with Crippen molar-refractivity contribution in [2.75, 3.05) is 11.5 Å². The molecule has 0 bridgehead atoms. The third kappa shape index (κ3) is 4.88. The Morgan fingerprint density at radius 2 is 1.53 bits per heavy atom. The zero-order valence-corrected chi connectivity index (χ0v) is 12.8. The van der Waals surface area contributed by atoms with Gasteiger partial charge < -0.3 is 0 Å². The van der Waals surface area contributed by atoms with E-state index in [-0.39, 0.29) is 28.0 Å². The monoisotopic (exact) mass is 324 g/mol. The Kier molecular flexibility index (Phi) is 5.05. The summed E-state index contributed by atoms with van der Waals surface area (Å²) in [5, 5.41) is 0.0320. The summed E-state index contributed by atoms with van der Waals surface area (Å²) in [4.78, 5) is 0. The Hall–Kier alpha value is -0.990. The lowest BCUT2D eigenvalue weighted by atomic mass is 10.1. The molecular formula is C10H13ClN2O4S2. The van der Waals surface area contributed by atoms with Crippen LogP contribution in [0.4, 0.5) is 0 Å². The summed E-state index contributed by atoms with van der Waals surface area (Å²) in [6.45, 7) is 2.93. The third-order valence-electron chi connectivity index (χ3n) is 2.14. The van der Waals surface area contributed by atoms with Crippen molar-refractivity contribution >= 4 is 43.1 Å². The van der Waals surface area contributed by atoms with Gasteiger partial charge in [0.2, 0.25) is 0 Å². The van der Waals surface area contributed by atoms with Crippen molar-refractivity contribution in [1.82, 2.24) is 0 Å². The van der Waals surface area contributed by atoms with Gasteiger partial charge in [0.1, 0.15) is 0 Å².